The number of hydrogen-bond donors (Lipinski definition) is 1. The minimum absolute atomic E-state index is 0.345. The average molecular weight is 399 g/mol. The van der Waals surface area contributed by atoms with Gasteiger partial charge in [-0.05, 0) is 45.7 Å². The predicted molar refractivity (Wildman–Crippen MR) is 114 cm³/mol. The van der Waals surface area contributed by atoms with Gasteiger partial charge in [0.1, 0.15) is 29.3 Å². The zero-order chi connectivity index (χ0) is 21.2. The molecule has 2 aromatic heterocycles. The van der Waals surface area contributed by atoms with E-state index in [1.54, 1.807) is 0 Å². The Morgan fingerprint density at radius 3 is 2.69 bits per heavy atom. The monoisotopic (exact) mass is 398 g/mol. The highest BCUT2D eigenvalue weighted by Crippen LogP contribution is 2.28. The van der Waals surface area contributed by atoms with Crippen molar-refractivity contribution in [3.63, 3.8) is 0 Å². The molecule has 156 valence electrons. The first-order chi connectivity index (χ1) is 13.6. The Kier molecular flexibility index (Phi) is 5.96. The van der Waals surface area contributed by atoms with Crippen LogP contribution < -0.4 is 10.1 Å². The van der Waals surface area contributed by atoms with Crippen molar-refractivity contribution in [1.82, 2.24) is 19.9 Å². The van der Waals surface area contributed by atoms with Crippen molar-refractivity contribution in [2.75, 3.05) is 13.2 Å². The van der Waals surface area contributed by atoms with Crippen LogP contribution in [0, 0.1) is 12.8 Å². The predicted octanol–water partition coefficient (Wildman–Crippen LogP) is 4.45. The number of amides is 1. The molecule has 3 rings (SSSR count). The molecule has 7 nitrogen and oxygen atoms in total. The highest BCUT2D eigenvalue weighted by atomic mass is 16.6. The molecule has 2 heterocycles. The van der Waals surface area contributed by atoms with E-state index in [2.05, 4.69) is 33.7 Å². The normalized spacial score (nSPS) is 12.0. The summed E-state index contributed by atoms with van der Waals surface area (Å²) in [5.74, 6) is 2.23. The summed E-state index contributed by atoms with van der Waals surface area (Å²) in [5.41, 5.74) is 2.37. The van der Waals surface area contributed by atoms with Crippen molar-refractivity contribution >= 4 is 28.0 Å². The van der Waals surface area contributed by atoms with Crippen LogP contribution in [-0.4, -0.2) is 39.4 Å². The first-order valence-corrected chi connectivity index (χ1v) is 9.99. The summed E-state index contributed by atoms with van der Waals surface area (Å²) < 4.78 is 13.2. The number of aryl methyl sites for hydroxylation is 1. The summed E-state index contributed by atoms with van der Waals surface area (Å²) in [7, 11) is 0. The molecule has 7 heteroatoms. The molecule has 0 aliphatic heterocycles. The molecule has 1 aromatic carbocycles. The summed E-state index contributed by atoms with van der Waals surface area (Å²) in [5, 5.41) is 3.74. The van der Waals surface area contributed by atoms with Crippen molar-refractivity contribution in [2.24, 2.45) is 5.92 Å². The Morgan fingerprint density at radius 2 is 2.00 bits per heavy atom. The SMILES string of the molecule is Cc1nc2cnc3cc(OCCNC(=O)OC(C)(C)C)ccc3c2n1CC(C)C. The van der Waals surface area contributed by atoms with E-state index in [0.29, 0.717) is 24.8 Å². The molecule has 29 heavy (non-hydrogen) atoms. The third kappa shape index (κ3) is 5.16. The quantitative estimate of drug-likeness (QED) is 0.621. The molecule has 0 aliphatic carbocycles. The Labute approximate surface area is 171 Å². The van der Waals surface area contributed by atoms with Crippen LogP contribution in [0.25, 0.3) is 21.9 Å². The van der Waals surface area contributed by atoms with Gasteiger partial charge in [-0.15, -0.1) is 0 Å². The van der Waals surface area contributed by atoms with Gasteiger partial charge in [-0.25, -0.2) is 9.78 Å². The zero-order valence-electron chi connectivity index (χ0n) is 18.1. The number of ether oxygens (including phenoxy) is 2. The largest absolute Gasteiger partial charge is 0.492 e. The number of hydrogen-bond acceptors (Lipinski definition) is 5. The van der Waals surface area contributed by atoms with Gasteiger partial charge in [0, 0.05) is 18.0 Å². The zero-order valence-corrected chi connectivity index (χ0v) is 18.1. The Bertz CT molecular complexity index is 1020. The number of pyridine rings is 1. The fraction of sp³-hybridized carbons (Fsp3) is 0.500. The molecular formula is C22H30N4O3. The maximum absolute atomic E-state index is 11.7. The smallest absolute Gasteiger partial charge is 0.407 e. The van der Waals surface area contributed by atoms with E-state index in [-0.39, 0.29) is 0 Å². The van der Waals surface area contributed by atoms with Crippen molar-refractivity contribution in [2.45, 2.75) is 53.7 Å². The number of aromatic nitrogens is 3. The molecule has 0 spiro atoms. The molecule has 0 unspecified atom stereocenters. The second-order valence-electron chi connectivity index (χ2n) is 8.61. The van der Waals surface area contributed by atoms with Gasteiger partial charge < -0.3 is 19.4 Å². The molecule has 0 bridgehead atoms. The number of imidazole rings is 1. The van der Waals surface area contributed by atoms with Gasteiger partial charge in [0.25, 0.3) is 0 Å². The lowest BCUT2D eigenvalue weighted by molar-refractivity contribution is 0.0520. The Morgan fingerprint density at radius 1 is 1.24 bits per heavy atom. The lowest BCUT2D eigenvalue weighted by Gasteiger charge is -2.19. The molecule has 1 N–H and O–H groups in total. The van der Waals surface area contributed by atoms with Crippen LogP contribution in [0.3, 0.4) is 0 Å². The first-order valence-electron chi connectivity index (χ1n) is 9.99. The summed E-state index contributed by atoms with van der Waals surface area (Å²) in [6.45, 7) is 13.5. The third-order valence-electron chi connectivity index (χ3n) is 4.32. The minimum atomic E-state index is -0.513. The van der Waals surface area contributed by atoms with Crippen molar-refractivity contribution in [1.29, 1.82) is 0 Å². The average Bonchev–Trinajstić information content (AvgIpc) is 2.92. The Hall–Kier alpha value is -2.83. The molecule has 0 fully saturated rings. The van der Waals surface area contributed by atoms with E-state index in [9.17, 15) is 4.79 Å². The number of benzene rings is 1. The Balaban J connectivity index is 1.72. The molecule has 0 saturated heterocycles. The van der Waals surface area contributed by atoms with Crippen molar-refractivity contribution in [3.8, 4) is 5.75 Å². The van der Waals surface area contributed by atoms with Crippen LogP contribution in [0.5, 0.6) is 5.75 Å². The first kappa shape index (κ1) is 20.9. The lowest BCUT2D eigenvalue weighted by atomic mass is 10.1. The van der Waals surface area contributed by atoms with Gasteiger partial charge in [0.2, 0.25) is 0 Å². The van der Waals surface area contributed by atoms with Gasteiger partial charge in [0.15, 0.2) is 0 Å². The number of carbonyl (C=O) groups is 1. The van der Waals surface area contributed by atoms with Gasteiger partial charge >= 0.3 is 6.09 Å². The second kappa shape index (κ2) is 8.27. The molecule has 1 amide bonds. The summed E-state index contributed by atoms with van der Waals surface area (Å²) in [6, 6.07) is 5.88. The second-order valence-corrected chi connectivity index (χ2v) is 8.61. The van der Waals surface area contributed by atoms with Crippen LogP contribution in [0.2, 0.25) is 0 Å². The highest BCUT2D eigenvalue weighted by Gasteiger charge is 2.16. The molecule has 0 aliphatic rings. The molecule has 0 saturated carbocycles. The van der Waals surface area contributed by atoms with Crippen LogP contribution in [0.1, 0.15) is 40.4 Å². The number of alkyl carbamates (subject to hydrolysis) is 1. The van der Waals surface area contributed by atoms with Crippen LogP contribution in [0.4, 0.5) is 4.79 Å². The van der Waals surface area contributed by atoms with Crippen molar-refractivity contribution in [3.05, 3.63) is 30.2 Å². The van der Waals surface area contributed by atoms with Crippen LogP contribution >= 0.6 is 0 Å². The van der Waals surface area contributed by atoms with E-state index in [4.69, 9.17) is 9.47 Å². The third-order valence-corrected chi connectivity index (χ3v) is 4.32. The van der Waals surface area contributed by atoms with E-state index < -0.39 is 11.7 Å². The van der Waals surface area contributed by atoms with Gasteiger partial charge in [-0.3, -0.25) is 4.98 Å². The lowest BCUT2D eigenvalue weighted by Crippen LogP contribution is -2.34. The maximum Gasteiger partial charge on any atom is 0.407 e. The van der Waals surface area contributed by atoms with Gasteiger partial charge in [-0.2, -0.15) is 0 Å². The number of fused-ring (bicyclic) bond motifs is 3. The van der Waals surface area contributed by atoms with E-state index >= 15 is 0 Å². The number of rotatable bonds is 6. The van der Waals surface area contributed by atoms with E-state index in [1.807, 2.05) is 52.1 Å². The number of nitrogens with zero attached hydrogens (tertiary/aromatic N) is 3. The van der Waals surface area contributed by atoms with Crippen LogP contribution in [0.15, 0.2) is 24.4 Å². The van der Waals surface area contributed by atoms with E-state index in [0.717, 1.165) is 34.3 Å². The standard InChI is InChI=1S/C22H30N4O3/c1-14(2)13-26-15(3)25-19-12-24-18-11-16(7-8-17(18)20(19)26)28-10-9-23-21(27)29-22(4,5)6/h7-8,11-12,14H,9-10,13H2,1-6H3,(H,23,27). The summed E-state index contributed by atoms with van der Waals surface area (Å²) in [4.78, 5) is 20.9. The van der Waals surface area contributed by atoms with Crippen LogP contribution in [-0.2, 0) is 11.3 Å². The maximum atomic E-state index is 11.7. The molecule has 0 atom stereocenters. The minimum Gasteiger partial charge on any atom is -0.492 e. The fourth-order valence-electron chi connectivity index (χ4n) is 3.22. The van der Waals surface area contributed by atoms with E-state index in [1.165, 1.54) is 0 Å². The molecule has 0 radical (unpaired) electrons. The summed E-state index contributed by atoms with van der Waals surface area (Å²) >= 11 is 0. The molecular weight excluding hydrogens is 368 g/mol. The fourth-order valence-corrected chi connectivity index (χ4v) is 3.22. The number of nitrogens with one attached hydrogen (secondary N) is 1. The highest BCUT2D eigenvalue weighted by molar-refractivity contribution is 6.02. The van der Waals surface area contributed by atoms with Gasteiger partial charge in [-0.1, -0.05) is 13.8 Å². The topological polar surface area (TPSA) is 78.3 Å². The van der Waals surface area contributed by atoms with Crippen molar-refractivity contribution < 1.29 is 14.3 Å². The van der Waals surface area contributed by atoms with Gasteiger partial charge in [0.05, 0.1) is 23.8 Å². The summed E-state index contributed by atoms with van der Waals surface area (Å²) in [6.07, 6.45) is 1.37. The molecule has 3 aromatic rings. The number of carbonyl (C=O) groups excluding carboxylic acids is 1.